The molecule has 6 heteroatoms. The first-order valence-corrected chi connectivity index (χ1v) is 10.3. The maximum atomic E-state index is 14.5. The number of ether oxygens (including phenoxy) is 1. The van der Waals surface area contributed by atoms with Gasteiger partial charge >= 0.3 is 0 Å². The molecular weight excluding hydrogens is 359 g/mol. The lowest BCUT2D eigenvalue weighted by Gasteiger charge is -2.37. The van der Waals surface area contributed by atoms with Crippen LogP contribution in [-0.2, 0) is 9.53 Å². The number of aliphatic hydroxyl groups excluding tert-OH is 1. The van der Waals surface area contributed by atoms with Gasteiger partial charge in [0, 0.05) is 44.2 Å². The van der Waals surface area contributed by atoms with E-state index in [9.17, 15) is 14.3 Å². The van der Waals surface area contributed by atoms with E-state index in [1.807, 2.05) is 0 Å². The molecule has 28 heavy (non-hydrogen) atoms. The number of hydrogen-bond acceptors (Lipinski definition) is 5. The zero-order valence-electron chi connectivity index (χ0n) is 16.2. The molecule has 2 unspecified atom stereocenters. The zero-order chi connectivity index (χ0) is 19.5. The van der Waals surface area contributed by atoms with E-state index < -0.39 is 12.1 Å². The Morgan fingerprint density at radius 1 is 1.21 bits per heavy atom. The first-order valence-electron chi connectivity index (χ1n) is 10.3. The van der Waals surface area contributed by atoms with Gasteiger partial charge < -0.3 is 9.84 Å². The van der Waals surface area contributed by atoms with Crippen LogP contribution in [0.3, 0.4) is 0 Å². The van der Waals surface area contributed by atoms with Gasteiger partial charge in [-0.25, -0.2) is 4.39 Å². The van der Waals surface area contributed by atoms with Crippen LogP contribution in [0.4, 0.5) is 4.39 Å². The van der Waals surface area contributed by atoms with Gasteiger partial charge in [-0.2, -0.15) is 0 Å². The summed E-state index contributed by atoms with van der Waals surface area (Å²) in [6.45, 7) is 5.12. The Kier molecular flexibility index (Phi) is 6.21. The fourth-order valence-corrected chi connectivity index (χ4v) is 4.16. The lowest BCUT2D eigenvalue weighted by molar-refractivity contribution is -0.126. The topological polar surface area (TPSA) is 53.0 Å². The van der Waals surface area contributed by atoms with Crippen LogP contribution < -0.4 is 0 Å². The Hall–Kier alpha value is -1.60. The van der Waals surface area contributed by atoms with E-state index >= 15 is 0 Å². The Morgan fingerprint density at radius 3 is 2.68 bits per heavy atom. The summed E-state index contributed by atoms with van der Waals surface area (Å²) in [4.78, 5) is 17.4. The van der Waals surface area contributed by atoms with Gasteiger partial charge in [0.15, 0.2) is 5.78 Å². The molecule has 1 aliphatic carbocycles. The summed E-state index contributed by atoms with van der Waals surface area (Å²) in [7, 11) is 0. The molecule has 3 aliphatic rings. The third-order valence-electron chi connectivity index (χ3n) is 6.03. The van der Waals surface area contributed by atoms with Crippen LogP contribution in [-0.4, -0.2) is 72.7 Å². The number of nitrogens with zero attached hydrogens (tertiary/aromatic N) is 2. The van der Waals surface area contributed by atoms with Gasteiger partial charge in [-0.1, -0.05) is 24.3 Å². The number of benzene rings is 1. The number of carbonyl (C=O) groups excluding carboxylic acids is 1. The van der Waals surface area contributed by atoms with Crippen molar-refractivity contribution < 1.29 is 19.0 Å². The van der Waals surface area contributed by atoms with Crippen LogP contribution in [0.2, 0.25) is 0 Å². The highest BCUT2D eigenvalue weighted by atomic mass is 19.1. The maximum absolute atomic E-state index is 14.5. The smallest absolute Gasteiger partial charge is 0.157 e. The third-order valence-corrected chi connectivity index (χ3v) is 6.03. The number of Topliss-reactive ketones (excluding diaryl/α,β-unsaturated/α-hetero) is 1. The van der Waals surface area contributed by atoms with Crippen molar-refractivity contribution in [3.63, 3.8) is 0 Å². The van der Waals surface area contributed by atoms with Crippen molar-refractivity contribution in [1.82, 2.24) is 9.80 Å². The van der Waals surface area contributed by atoms with Gasteiger partial charge in [0.25, 0.3) is 0 Å². The predicted molar refractivity (Wildman–Crippen MR) is 104 cm³/mol. The molecule has 0 radical (unpaired) electrons. The van der Waals surface area contributed by atoms with E-state index in [0.717, 1.165) is 51.3 Å². The van der Waals surface area contributed by atoms with Gasteiger partial charge in [-0.05, 0) is 30.9 Å². The summed E-state index contributed by atoms with van der Waals surface area (Å²) < 4.78 is 19.9. The van der Waals surface area contributed by atoms with Crippen molar-refractivity contribution in [2.75, 3.05) is 45.9 Å². The zero-order valence-corrected chi connectivity index (χ0v) is 16.2. The number of likely N-dealkylation sites (tertiary alicyclic amines) is 1. The number of hydrogen-bond donors (Lipinski definition) is 1. The van der Waals surface area contributed by atoms with Gasteiger partial charge in [0.2, 0.25) is 0 Å². The molecule has 2 heterocycles. The van der Waals surface area contributed by atoms with E-state index in [2.05, 4.69) is 15.9 Å². The summed E-state index contributed by atoms with van der Waals surface area (Å²) in [6.07, 6.45) is 3.97. The average molecular weight is 388 g/mol. The first kappa shape index (κ1) is 19.7. The number of piperidine rings is 1. The maximum Gasteiger partial charge on any atom is 0.157 e. The molecule has 2 aliphatic heterocycles. The van der Waals surface area contributed by atoms with Crippen molar-refractivity contribution in [3.8, 4) is 0 Å². The van der Waals surface area contributed by atoms with Crippen LogP contribution in [0.25, 0.3) is 0 Å². The number of carbonyl (C=O) groups is 1. The molecule has 1 N–H and O–H groups in total. The molecule has 152 valence electrons. The highest BCUT2D eigenvalue weighted by Crippen LogP contribution is 2.39. The fourth-order valence-electron chi connectivity index (χ4n) is 4.16. The van der Waals surface area contributed by atoms with E-state index in [0.29, 0.717) is 25.1 Å². The molecule has 4 rings (SSSR count). The van der Waals surface area contributed by atoms with Crippen LogP contribution >= 0.6 is 0 Å². The average Bonchev–Trinajstić information content (AvgIpc) is 3.56. The summed E-state index contributed by atoms with van der Waals surface area (Å²) in [5.74, 6) is -0.155. The molecule has 0 bridgehead atoms. The van der Waals surface area contributed by atoms with E-state index in [4.69, 9.17) is 4.74 Å². The highest BCUT2D eigenvalue weighted by molar-refractivity contribution is 5.89. The largest absolute Gasteiger partial charge is 0.389 e. The lowest BCUT2D eigenvalue weighted by Crippen LogP contribution is -2.44. The second-order valence-electron chi connectivity index (χ2n) is 8.07. The number of rotatable bonds is 6. The van der Waals surface area contributed by atoms with Crippen molar-refractivity contribution in [2.24, 2.45) is 5.92 Å². The van der Waals surface area contributed by atoms with Gasteiger partial charge in [-0.3, -0.25) is 14.6 Å². The second kappa shape index (κ2) is 8.82. The minimum atomic E-state index is -0.562. The Bertz CT molecular complexity index is 728. The van der Waals surface area contributed by atoms with Crippen LogP contribution in [0, 0.1) is 11.7 Å². The first-order chi connectivity index (χ1) is 13.6. The molecule has 1 aromatic carbocycles. The normalized spacial score (nSPS) is 27.1. The third kappa shape index (κ3) is 4.51. The number of ketones is 1. The van der Waals surface area contributed by atoms with Crippen molar-refractivity contribution in [3.05, 3.63) is 47.3 Å². The van der Waals surface area contributed by atoms with Crippen LogP contribution in [0.15, 0.2) is 35.9 Å². The highest BCUT2D eigenvalue weighted by Gasteiger charge is 2.40. The fraction of sp³-hybridized carbons (Fsp3) is 0.591. The summed E-state index contributed by atoms with van der Waals surface area (Å²) in [6, 6.07) is 6.04. The molecule has 2 atom stereocenters. The lowest BCUT2D eigenvalue weighted by atomic mass is 9.92. The van der Waals surface area contributed by atoms with Crippen molar-refractivity contribution in [1.29, 1.82) is 0 Å². The summed E-state index contributed by atoms with van der Waals surface area (Å²) >= 11 is 0. The quantitative estimate of drug-likeness (QED) is 0.757. The van der Waals surface area contributed by atoms with Gasteiger partial charge in [-0.15, -0.1) is 0 Å². The molecular formula is C22H29FN2O3. The summed E-state index contributed by atoms with van der Waals surface area (Å²) in [5.41, 5.74) is 1.39. The molecule has 1 aromatic rings. The van der Waals surface area contributed by atoms with Crippen LogP contribution in [0.1, 0.15) is 30.9 Å². The molecule has 5 nitrogen and oxygen atoms in total. The van der Waals surface area contributed by atoms with Gasteiger partial charge in [0.1, 0.15) is 5.82 Å². The van der Waals surface area contributed by atoms with E-state index in [1.165, 1.54) is 6.07 Å². The molecule has 3 fully saturated rings. The number of morpholine rings is 1. The van der Waals surface area contributed by atoms with E-state index in [-0.39, 0.29) is 17.5 Å². The number of aliphatic hydroxyl groups is 1. The van der Waals surface area contributed by atoms with Crippen LogP contribution in [0.5, 0.6) is 0 Å². The van der Waals surface area contributed by atoms with Gasteiger partial charge in [0.05, 0.1) is 25.4 Å². The Labute approximate surface area is 165 Å². The minimum absolute atomic E-state index is 0.0530. The monoisotopic (exact) mass is 388 g/mol. The molecule has 0 spiro atoms. The molecule has 1 saturated carbocycles. The van der Waals surface area contributed by atoms with Crippen molar-refractivity contribution in [2.45, 2.75) is 31.4 Å². The minimum Gasteiger partial charge on any atom is -0.389 e. The molecule has 0 aromatic heterocycles. The molecule has 2 saturated heterocycles. The molecule has 0 amide bonds. The predicted octanol–water partition coefficient (Wildman–Crippen LogP) is 2.17. The second-order valence-corrected chi connectivity index (χ2v) is 8.07. The van der Waals surface area contributed by atoms with Crippen molar-refractivity contribution >= 4 is 5.78 Å². The summed E-state index contributed by atoms with van der Waals surface area (Å²) in [5, 5.41) is 10.5. The Balaban J connectivity index is 1.53. The standard InChI is InChI=1S/C22H29FN2O3/c23-19-4-2-1-3-18(19)21(22(27)16-5-6-16)25-10-8-20(26)17(15-25)7-9-24-11-13-28-14-12-24/h1-4,7,16,20-21,26H,5-6,8-15H2/b17-7+. The SMILES string of the molecule is O=C(C1CC1)C(c1ccccc1F)N1CCC(O)/C(=C/CN2CCOCC2)C1. The number of halogens is 1. The Morgan fingerprint density at radius 2 is 1.96 bits per heavy atom. The van der Waals surface area contributed by atoms with E-state index in [1.54, 1.807) is 18.2 Å².